The minimum atomic E-state index is -3.42. The summed E-state index contributed by atoms with van der Waals surface area (Å²) in [7, 11) is -3.42. The van der Waals surface area contributed by atoms with Crippen LogP contribution in [-0.2, 0) is 16.6 Å². The molecule has 0 saturated carbocycles. The molecule has 0 unspecified atom stereocenters. The molecule has 0 bridgehead atoms. The summed E-state index contributed by atoms with van der Waals surface area (Å²) in [5, 5.41) is 8.56. The lowest BCUT2D eigenvalue weighted by Crippen LogP contribution is -2.48. The van der Waals surface area contributed by atoms with E-state index >= 15 is 0 Å². The second kappa shape index (κ2) is 5.88. The van der Waals surface area contributed by atoms with Gasteiger partial charge in [-0.2, -0.15) is 9.40 Å². The molecule has 1 fully saturated rings. The van der Waals surface area contributed by atoms with Gasteiger partial charge in [-0.3, -0.25) is 10.00 Å². The molecule has 8 heteroatoms. The number of nitrogens with zero attached hydrogens (tertiary/aromatic N) is 3. The maximum absolute atomic E-state index is 12.5. The topological polar surface area (TPSA) is 69.3 Å². The Kier molecular flexibility index (Phi) is 4.12. The van der Waals surface area contributed by atoms with E-state index in [4.69, 9.17) is 0 Å². The van der Waals surface area contributed by atoms with Crippen LogP contribution in [0.25, 0.3) is 0 Å². The molecule has 3 heterocycles. The minimum absolute atomic E-state index is 0.286. The molecule has 114 valence electrons. The lowest BCUT2D eigenvalue weighted by molar-refractivity contribution is 0.183. The Morgan fingerprint density at radius 2 is 2.10 bits per heavy atom. The van der Waals surface area contributed by atoms with Crippen molar-refractivity contribution in [2.75, 3.05) is 26.2 Å². The molecule has 21 heavy (non-hydrogen) atoms. The predicted octanol–water partition coefficient (Wildman–Crippen LogP) is 1.29. The van der Waals surface area contributed by atoms with Gasteiger partial charge in [0.1, 0.15) is 4.90 Å². The van der Waals surface area contributed by atoms with Crippen LogP contribution in [-0.4, -0.2) is 54.0 Å². The zero-order valence-electron chi connectivity index (χ0n) is 11.8. The number of sulfonamides is 1. The number of aryl methyl sites for hydroxylation is 1. The summed E-state index contributed by atoms with van der Waals surface area (Å²) in [6.07, 6.45) is 1.39. The molecule has 1 aliphatic rings. The molecule has 0 atom stereocenters. The Labute approximate surface area is 128 Å². The average molecular weight is 326 g/mol. The molecule has 1 aliphatic heterocycles. The second-order valence-electron chi connectivity index (χ2n) is 5.12. The Morgan fingerprint density at radius 3 is 2.67 bits per heavy atom. The van der Waals surface area contributed by atoms with Gasteiger partial charge in [-0.25, -0.2) is 8.42 Å². The van der Waals surface area contributed by atoms with E-state index in [0.717, 1.165) is 19.6 Å². The van der Waals surface area contributed by atoms with Crippen molar-refractivity contribution in [2.24, 2.45) is 0 Å². The number of thiophene rings is 1. The summed E-state index contributed by atoms with van der Waals surface area (Å²) in [6.45, 7) is 5.20. The Balaban J connectivity index is 1.64. The number of rotatable bonds is 4. The highest BCUT2D eigenvalue weighted by Gasteiger charge is 2.30. The number of hydrogen-bond acceptors (Lipinski definition) is 5. The molecule has 0 aliphatic carbocycles. The SMILES string of the molecule is Cc1[nH]ncc1S(=O)(=O)N1CCN(Cc2cccs2)CC1. The number of piperazine rings is 1. The maximum Gasteiger partial charge on any atom is 0.246 e. The third-order valence-corrected chi connectivity index (χ3v) is 6.57. The lowest BCUT2D eigenvalue weighted by atomic mass is 10.3. The van der Waals surface area contributed by atoms with Crippen LogP contribution in [0.2, 0.25) is 0 Å². The zero-order valence-corrected chi connectivity index (χ0v) is 13.5. The summed E-state index contributed by atoms with van der Waals surface area (Å²) < 4.78 is 26.6. The maximum atomic E-state index is 12.5. The van der Waals surface area contributed by atoms with Crippen molar-refractivity contribution in [3.8, 4) is 0 Å². The van der Waals surface area contributed by atoms with Crippen molar-refractivity contribution in [1.82, 2.24) is 19.4 Å². The van der Waals surface area contributed by atoms with Crippen molar-refractivity contribution in [3.63, 3.8) is 0 Å². The number of H-pyrrole nitrogens is 1. The summed E-state index contributed by atoms with van der Waals surface area (Å²) in [4.78, 5) is 3.89. The molecule has 6 nitrogen and oxygen atoms in total. The molecular weight excluding hydrogens is 308 g/mol. The quantitative estimate of drug-likeness (QED) is 0.919. The molecular formula is C13H18N4O2S2. The first-order valence-electron chi connectivity index (χ1n) is 6.82. The predicted molar refractivity (Wildman–Crippen MR) is 81.7 cm³/mol. The van der Waals surface area contributed by atoms with E-state index in [-0.39, 0.29) is 4.90 Å². The van der Waals surface area contributed by atoms with Crippen LogP contribution in [0.15, 0.2) is 28.6 Å². The zero-order chi connectivity index (χ0) is 14.9. The van der Waals surface area contributed by atoms with Gasteiger partial charge in [0.05, 0.1) is 11.9 Å². The average Bonchev–Trinajstić information content (AvgIpc) is 3.11. The van der Waals surface area contributed by atoms with E-state index in [9.17, 15) is 8.42 Å². The van der Waals surface area contributed by atoms with Crippen LogP contribution in [0.5, 0.6) is 0 Å². The number of nitrogens with one attached hydrogen (secondary N) is 1. The van der Waals surface area contributed by atoms with Crippen LogP contribution >= 0.6 is 11.3 Å². The van der Waals surface area contributed by atoms with Crippen LogP contribution < -0.4 is 0 Å². The van der Waals surface area contributed by atoms with E-state index in [1.54, 1.807) is 22.6 Å². The van der Waals surface area contributed by atoms with E-state index in [0.29, 0.717) is 18.8 Å². The van der Waals surface area contributed by atoms with Crippen molar-refractivity contribution >= 4 is 21.4 Å². The smallest absolute Gasteiger partial charge is 0.246 e. The molecule has 0 radical (unpaired) electrons. The molecule has 0 aromatic carbocycles. The molecule has 1 N–H and O–H groups in total. The fourth-order valence-electron chi connectivity index (χ4n) is 2.49. The van der Waals surface area contributed by atoms with Crippen LogP contribution in [0.1, 0.15) is 10.6 Å². The van der Waals surface area contributed by atoms with Gasteiger partial charge in [0.15, 0.2) is 0 Å². The first-order valence-corrected chi connectivity index (χ1v) is 9.14. The van der Waals surface area contributed by atoms with E-state index in [2.05, 4.69) is 26.5 Å². The Bertz CT molecular complexity index is 686. The summed E-state index contributed by atoms with van der Waals surface area (Å²) in [5.74, 6) is 0. The highest BCUT2D eigenvalue weighted by Crippen LogP contribution is 2.20. The summed E-state index contributed by atoms with van der Waals surface area (Å²) >= 11 is 1.74. The first-order chi connectivity index (χ1) is 10.1. The largest absolute Gasteiger partial charge is 0.296 e. The highest BCUT2D eigenvalue weighted by atomic mass is 32.2. The summed E-state index contributed by atoms with van der Waals surface area (Å²) in [5.41, 5.74) is 0.594. The monoisotopic (exact) mass is 326 g/mol. The fourth-order valence-corrected chi connectivity index (χ4v) is 4.78. The second-order valence-corrected chi connectivity index (χ2v) is 8.06. The third kappa shape index (κ3) is 3.03. The number of aromatic amines is 1. The van der Waals surface area contributed by atoms with Gasteiger partial charge in [-0.1, -0.05) is 6.07 Å². The van der Waals surface area contributed by atoms with E-state index in [1.807, 2.05) is 6.07 Å². The molecule has 2 aromatic heterocycles. The van der Waals surface area contributed by atoms with Gasteiger partial charge in [0, 0.05) is 37.6 Å². The van der Waals surface area contributed by atoms with Gasteiger partial charge < -0.3 is 0 Å². The Morgan fingerprint density at radius 1 is 1.33 bits per heavy atom. The van der Waals surface area contributed by atoms with Gasteiger partial charge in [0.25, 0.3) is 0 Å². The van der Waals surface area contributed by atoms with Crippen LogP contribution in [0.4, 0.5) is 0 Å². The van der Waals surface area contributed by atoms with E-state index < -0.39 is 10.0 Å². The summed E-state index contributed by atoms with van der Waals surface area (Å²) in [6, 6.07) is 4.16. The number of hydrogen-bond donors (Lipinski definition) is 1. The van der Waals surface area contributed by atoms with Gasteiger partial charge in [-0.05, 0) is 18.4 Å². The standard InChI is InChI=1S/C13H18N4O2S2/c1-11-13(9-14-15-11)21(18,19)17-6-4-16(5-7-17)10-12-3-2-8-20-12/h2-3,8-9H,4-7,10H2,1H3,(H,14,15). The minimum Gasteiger partial charge on any atom is -0.296 e. The molecule has 0 spiro atoms. The molecule has 0 amide bonds. The van der Waals surface area contributed by atoms with Gasteiger partial charge >= 0.3 is 0 Å². The van der Waals surface area contributed by atoms with Gasteiger partial charge in [0.2, 0.25) is 10.0 Å². The van der Waals surface area contributed by atoms with Crippen molar-refractivity contribution in [1.29, 1.82) is 0 Å². The van der Waals surface area contributed by atoms with Crippen molar-refractivity contribution in [2.45, 2.75) is 18.4 Å². The third-order valence-electron chi connectivity index (χ3n) is 3.69. The Hall–Kier alpha value is -1.22. The van der Waals surface area contributed by atoms with Crippen molar-refractivity contribution < 1.29 is 8.42 Å². The fraction of sp³-hybridized carbons (Fsp3) is 0.462. The molecule has 2 aromatic rings. The highest BCUT2D eigenvalue weighted by molar-refractivity contribution is 7.89. The normalized spacial score (nSPS) is 18.1. The van der Waals surface area contributed by atoms with Gasteiger partial charge in [-0.15, -0.1) is 11.3 Å². The van der Waals surface area contributed by atoms with E-state index in [1.165, 1.54) is 11.1 Å². The number of aromatic nitrogens is 2. The molecule has 3 rings (SSSR count). The van der Waals surface area contributed by atoms with Crippen LogP contribution in [0, 0.1) is 6.92 Å². The molecule has 1 saturated heterocycles. The van der Waals surface area contributed by atoms with Crippen LogP contribution in [0.3, 0.4) is 0 Å². The first kappa shape index (κ1) is 14.7. The lowest BCUT2D eigenvalue weighted by Gasteiger charge is -2.33. The van der Waals surface area contributed by atoms with Crippen molar-refractivity contribution in [3.05, 3.63) is 34.3 Å².